The summed E-state index contributed by atoms with van der Waals surface area (Å²) in [6, 6.07) is 7.14. The van der Waals surface area contributed by atoms with Crippen LogP contribution in [0.1, 0.15) is 38.8 Å². The summed E-state index contributed by atoms with van der Waals surface area (Å²) >= 11 is 0. The second-order valence-corrected chi connectivity index (χ2v) is 4.41. The Bertz CT molecular complexity index is 508. The highest BCUT2D eigenvalue weighted by Gasteiger charge is 2.16. The van der Waals surface area contributed by atoms with Gasteiger partial charge in [-0.05, 0) is 33.8 Å². The molecule has 0 unspecified atom stereocenters. The Morgan fingerprint density at radius 3 is 2.00 bits per heavy atom. The van der Waals surface area contributed by atoms with Crippen LogP contribution in [0, 0.1) is 22.7 Å². The molecule has 0 heterocycles. The van der Waals surface area contributed by atoms with Gasteiger partial charge in [-0.2, -0.15) is 10.5 Å². The molecule has 1 aromatic rings. The van der Waals surface area contributed by atoms with Crippen molar-refractivity contribution < 1.29 is 9.47 Å². The van der Waals surface area contributed by atoms with Crippen molar-refractivity contribution in [1.82, 2.24) is 0 Å². The molecule has 0 bridgehead atoms. The van der Waals surface area contributed by atoms with Gasteiger partial charge >= 0.3 is 0 Å². The molecule has 18 heavy (non-hydrogen) atoms. The largest absolute Gasteiger partial charge is 0.487 e. The van der Waals surface area contributed by atoms with E-state index in [2.05, 4.69) is 0 Å². The first-order valence-electron chi connectivity index (χ1n) is 5.79. The molecule has 0 amide bonds. The van der Waals surface area contributed by atoms with E-state index in [0.29, 0.717) is 22.6 Å². The van der Waals surface area contributed by atoms with E-state index in [1.165, 1.54) is 6.07 Å². The zero-order valence-corrected chi connectivity index (χ0v) is 11.0. The lowest BCUT2D eigenvalue weighted by Crippen LogP contribution is -2.12. The van der Waals surface area contributed by atoms with Gasteiger partial charge in [0, 0.05) is 6.07 Å². The van der Waals surface area contributed by atoms with Crippen LogP contribution in [0.15, 0.2) is 12.1 Å². The van der Waals surface area contributed by atoms with Crippen LogP contribution in [0.25, 0.3) is 0 Å². The summed E-state index contributed by atoms with van der Waals surface area (Å²) in [6.45, 7) is 7.51. The topological polar surface area (TPSA) is 66.0 Å². The van der Waals surface area contributed by atoms with E-state index >= 15 is 0 Å². The van der Waals surface area contributed by atoms with Crippen LogP contribution in [-0.2, 0) is 0 Å². The summed E-state index contributed by atoms with van der Waals surface area (Å²) in [5, 5.41) is 18.0. The predicted molar refractivity (Wildman–Crippen MR) is 67.4 cm³/mol. The van der Waals surface area contributed by atoms with Gasteiger partial charge in [0.25, 0.3) is 0 Å². The standard InChI is InChI=1S/C14H16N2O2/c1-9(2)17-13-6-11(7-15)5-12(8-16)14(13)18-10(3)4/h5-6,9-10H,1-4H3. The number of nitrogens with zero attached hydrogens (tertiary/aromatic N) is 2. The number of nitriles is 2. The van der Waals surface area contributed by atoms with Crippen molar-refractivity contribution in [2.75, 3.05) is 0 Å². The van der Waals surface area contributed by atoms with Crippen molar-refractivity contribution in [3.8, 4) is 23.6 Å². The molecule has 4 heteroatoms. The Morgan fingerprint density at radius 1 is 0.944 bits per heavy atom. The first-order valence-corrected chi connectivity index (χ1v) is 5.79. The molecule has 0 radical (unpaired) electrons. The number of benzene rings is 1. The van der Waals surface area contributed by atoms with Crippen LogP contribution in [-0.4, -0.2) is 12.2 Å². The van der Waals surface area contributed by atoms with Gasteiger partial charge < -0.3 is 9.47 Å². The minimum atomic E-state index is -0.0699. The Labute approximate surface area is 107 Å². The van der Waals surface area contributed by atoms with Crippen LogP contribution in [0.4, 0.5) is 0 Å². The van der Waals surface area contributed by atoms with E-state index in [0.717, 1.165) is 0 Å². The zero-order valence-electron chi connectivity index (χ0n) is 11.0. The fourth-order valence-corrected chi connectivity index (χ4v) is 1.45. The van der Waals surface area contributed by atoms with Crippen LogP contribution < -0.4 is 9.47 Å². The van der Waals surface area contributed by atoms with Gasteiger partial charge in [0.05, 0.1) is 29.4 Å². The minimum Gasteiger partial charge on any atom is -0.487 e. The monoisotopic (exact) mass is 244 g/mol. The molecule has 0 N–H and O–H groups in total. The molecule has 0 aliphatic carbocycles. The van der Waals surface area contributed by atoms with Crippen LogP contribution in [0.2, 0.25) is 0 Å². The fourth-order valence-electron chi connectivity index (χ4n) is 1.45. The highest BCUT2D eigenvalue weighted by molar-refractivity contribution is 5.57. The molecule has 0 aliphatic rings. The van der Waals surface area contributed by atoms with E-state index in [9.17, 15) is 0 Å². The van der Waals surface area contributed by atoms with Gasteiger partial charge in [-0.1, -0.05) is 0 Å². The average molecular weight is 244 g/mol. The first kappa shape index (κ1) is 13.9. The van der Waals surface area contributed by atoms with Gasteiger partial charge in [0.2, 0.25) is 0 Å². The maximum atomic E-state index is 9.11. The number of hydrogen-bond donors (Lipinski definition) is 0. The minimum absolute atomic E-state index is 0.0556. The van der Waals surface area contributed by atoms with Crippen molar-refractivity contribution in [2.24, 2.45) is 0 Å². The highest BCUT2D eigenvalue weighted by atomic mass is 16.5. The quantitative estimate of drug-likeness (QED) is 0.816. The third-order valence-corrected chi connectivity index (χ3v) is 2.02. The van der Waals surface area contributed by atoms with Crippen molar-refractivity contribution in [2.45, 2.75) is 39.9 Å². The number of hydrogen-bond acceptors (Lipinski definition) is 4. The van der Waals surface area contributed by atoms with Crippen LogP contribution in [0.5, 0.6) is 11.5 Å². The molecular formula is C14H16N2O2. The van der Waals surface area contributed by atoms with Gasteiger partial charge in [0.15, 0.2) is 11.5 Å². The van der Waals surface area contributed by atoms with Gasteiger partial charge in [0.1, 0.15) is 6.07 Å². The molecule has 0 fully saturated rings. The van der Waals surface area contributed by atoms with Crippen LogP contribution in [0.3, 0.4) is 0 Å². The Hall–Kier alpha value is -2.20. The lowest BCUT2D eigenvalue weighted by Gasteiger charge is -2.18. The maximum Gasteiger partial charge on any atom is 0.179 e. The Kier molecular flexibility index (Phi) is 4.57. The Balaban J connectivity index is 3.34. The molecule has 0 saturated carbocycles. The molecule has 94 valence electrons. The second-order valence-electron chi connectivity index (χ2n) is 4.41. The average Bonchev–Trinajstić information content (AvgIpc) is 2.29. The van der Waals surface area contributed by atoms with Gasteiger partial charge in [-0.3, -0.25) is 0 Å². The molecule has 1 aromatic carbocycles. The summed E-state index contributed by atoms with van der Waals surface area (Å²) in [5.74, 6) is 0.842. The van der Waals surface area contributed by atoms with Gasteiger partial charge in [-0.15, -0.1) is 0 Å². The fraction of sp³-hybridized carbons (Fsp3) is 0.429. The smallest absolute Gasteiger partial charge is 0.179 e. The molecule has 4 nitrogen and oxygen atoms in total. The van der Waals surface area contributed by atoms with E-state index < -0.39 is 0 Å². The molecule has 0 atom stereocenters. The number of ether oxygens (including phenoxy) is 2. The normalized spacial score (nSPS) is 10.0. The summed E-state index contributed by atoms with van der Waals surface area (Å²) in [4.78, 5) is 0. The third-order valence-electron chi connectivity index (χ3n) is 2.02. The van der Waals surface area contributed by atoms with Gasteiger partial charge in [-0.25, -0.2) is 0 Å². The molecule has 0 spiro atoms. The van der Waals surface area contributed by atoms with E-state index in [1.807, 2.05) is 39.8 Å². The van der Waals surface area contributed by atoms with Crippen LogP contribution >= 0.6 is 0 Å². The van der Waals surface area contributed by atoms with E-state index in [-0.39, 0.29) is 12.2 Å². The SMILES string of the molecule is CC(C)Oc1cc(C#N)cc(C#N)c1OC(C)C. The third kappa shape index (κ3) is 3.40. The summed E-state index contributed by atoms with van der Waals surface area (Å²) in [6.07, 6.45) is -0.125. The van der Waals surface area contributed by atoms with E-state index in [1.54, 1.807) is 6.07 Å². The van der Waals surface area contributed by atoms with E-state index in [4.69, 9.17) is 20.0 Å². The molecular weight excluding hydrogens is 228 g/mol. The molecule has 0 saturated heterocycles. The van der Waals surface area contributed by atoms with Crippen molar-refractivity contribution >= 4 is 0 Å². The molecule has 1 rings (SSSR count). The lowest BCUT2D eigenvalue weighted by molar-refractivity contribution is 0.198. The van der Waals surface area contributed by atoms with Crippen molar-refractivity contribution in [1.29, 1.82) is 10.5 Å². The predicted octanol–water partition coefficient (Wildman–Crippen LogP) is 3.00. The summed E-state index contributed by atoms with van der Waals surface area (Å²) in [7, 11) is 0. The Morgan fingerprint density at radius 2 is 1.56 bits per heavy atom. The first-order chi connectivity index (χ1) is 8.47. The molecule has 0 aliphatic heterocycles. The highest BCUT2D eigenvalue weighted by Crippen LogP contribution is 2.34. The molecule has 0 aromatic heterocycles. The summed E-state index contributed by atoms with van der Waals surface area (Å²) in [5.41, 5.74) is 0.705. The van der Waals surface area contributed by atoms with Crippen molar-refractivity contribution in [3.63, 3.8) is 0 Å². The lowest BCUT2D eigenvalue weighted by atomic mass is 10.1. The van der Waals surface area contributed by atoms with Crippen molar-refractivity contribution in [3.05, 3.63) is 23.3 Å². The summed E-state index contributed by atoms with van der Waals surface area (Å²) < 4.78 is 11.2. The number of rotatable bonds is 4. The maximum absolute atomic E-state index is 9.11. The zero-order chi connectivity index (χ0) is 13.7. The second kappa shape index (κ2) is 5.93.